The highest BCUT2D eigenvalue weighted by molar-refractivity contribution is 7.20. The van der Waals surface area contributed by atoms with Gasteiger partial charge in [0.2, 0.25) is 0 Å². The molecule has 7 heteroatoms. The molecule has 3 aromatic rings. The van der Waals surface area contributed by atoms with Gasteiger partial charge in [-0.2, -0.15) is 0 Å². The zero-order valence-electron chi connectivity index (χ0n) is 13.1. The zero-order valence-corrected chi connectivity index (χ0v) is 13.9. The first kappa shape index (κ1) is 17.0. The first-order chi connectivity index (χ1) is 11.9. The average Bonchev–Trinajstić information content (AvgIpc) is 3.02. The molecule has 0 saturated carbocycles. The molecule has 1 atom stereocenters. The van der Waals surface area contributed by atoms with Crippen molar-refractivity contribution in [2.75, 3.05) is 5.32 Å². The van der Waals surface area contributed by atoms with Crippen LogP contribution in [0.25, 0.3) is 10.1 Å². The highest BCUT2D eigenvalue weighted by atomic mass is 32.1. The molecule has 1 N–H and O–H groups in total. The summed E-state index contributed by atoms with van der Waals surface area (Å²) in [7, 11) is 0. The van der Waals surface area contributed by atoms with Gasteiger partial charge in [-0.3, -0.25) is 4.79 Å². The van der Waals surface area contributed by atoms with Crippen molar-refractivity contribution in [3.05, 3.63) is 65.0 Å². The predicted octanol–water partition coefficient (Wildman–Crippen LogP) is 4.36. The van der Waals surface area contributed by atoms with E-state index in [1.165, 1.54) is 24.3 Å². The smallest absolute Gasteiger partial charge is 0.349 e. The Morgan fingerprint density at radius 1 is 1.08 bits per heavy atom. The van der Waals surface area contributed by atoms with Gasteiger partial charge in [0, 0.05) is 16.5 Å². The van der Waals surface area contributed by atoms with Gasteiger partial charge in [-0.1, -0.05) is 18.2 Å². The van der Waals surface area contributed by atoms with Crippen molar-refractivity contribution in [2.24, 2.45) is 0 Å². The van der Waals surface area contributed by atoms with Gasteiger partial charge in [-0.05, 0) is 36.6 Å². The van der Waals surface area contributed by atoms with Crippen molar-refractivity contribution in [2.45, 2.75) is 13.0 Å². The predicted molar refractivity (Wildman–Crippen MR) is 91.7 cm³/mol. The molecule has 0 radical (unpaired) electrons. The lowest BCUT2D eigenvalue weighted by Gasteiger charge is -2.13. The molecule has 1 heterocycles. The van der Waals surface area contributed by atoms with Crippen LogP contribution in [0, 0.1) is 11.6 Å². The topological polar surface area (TPSA) is 55.4 Å². The van der Waals surface area contributed by atoms with Crippen LogP contribution in [-0.4, -0.2) is 18.0 Å². The number of fused-ring (bicyclic) bond motifs is 1. The molecule has 0 unspecified atom stereocenters. The number of esters is 1. The van der Waals surface area contributed by atoms with Gasteiger partial charge in [0.05, 0.1) is 0 Å². The molecule has 0 fully saturated rings. The Balaban J connectivity index is 1.65. The summed E-state index contributed by atoms with van der Waals surface area (Å²) in [6, 6.07) is 12.2. The van der Waals surface area contributed by atoms with Crippen molar-refractivity contribution in [1.29, 1.82) is 0 Å². The summed E-state index contributed by atoms with van der Waals surface area (Å²) in [5, 5.41) is 3.29. The maximum Gasteiger partial charge on any atom is 0.349 e. The van der Waals surface area contributed by atoms with E-state index >= 15 is 0 Å². The maximum atomic E-state index is 13.2. The summed E-state index contributed by atoms with van der Waals surface area (Å²) in [6.07, 6.45) is -1.09. The second-order valence-corrected chi connectivity index (χ2v) is 6.40. The van der Waals surface area contributed by atoms with Gasteiger partial charge < -0.3 is 10.1 Å². The molecule has 1 aromatic heterocycles. The highest BCUT2D eigenvalue weighted by Crippen LogP contribution is 2.26. The third-order valence-corrected chi connectivity index (χ3v) is 4.56. The average molecular weight is 361 g/mol. The molecule has 0 aliphatic carbocycles. The van der Waals surface area contributed by atoms with Crippen molar-refractivity contribution in [3.63, 3.8) is 0 Å². The molecule has 0 saturated heterocycles. The van der Waals surface area contributed by atoms with Gasteiger partial charge >= 0.3 is 5.97 Å². The summed E-state index contributed by atoms with van der Waals surface area (Å²) >= 11 is 1.27. The normalized spacial score (nSPS) is 12.0. The van der Waals surface area contributed by atoms with E-state index in [-0.39, 0.29) is 5.69 Å². The fraction of sp³-hybridized carbons (Fsp3) is 0.111. The van der Waals surface area contributed by atoms with Crippen molar-refractivity contribution in [1.82, 2.24) is 0 Å². The lowest BCUT2D eigenvalue weighted by molar-refractivity contribution is -0.123. The molecule has 4 nitrogen and oxygen atoms in total. The van der Waals surface area contributed by atoms with E-state index in [2.05, 4.69) is 5.32 Å². The van der Waals surface area contributed by atoms with Crippen molar-refractivity contribution < 1.29 is 23.1 Å². The fourth-order valence-electron chi connectivity index (χ4n) is 2.17. The lowest BCUT2D eigenvalue weighted by Crippen LogP contribution is -2.29. The van der Waals surface area contributed by atoms with Crippen LogP contribution in [0.3, 0.4) is 0 Å². The van der Waals surface area contributed by atoms with E-state index in [4.69, 9.17) is 4.74 Å². The summed E-state index contributed by atoms with van der Waals surface area (Å²) < 4.78 is 32.1. The SMILES string of the molecule is C[C@H](OC(=O)c1cc2ccccc2s1)C(=O)Nc1ccc(F)c(F)c1. The molecular formula is C18H13F2NO3S. The third kappa shape index (κ3) is 3.83. The monoisotopic (exact) mass is 361 g/mol. The van der Waals surface area contributed by atoms with Crippen molar-refractivity contribution >= 4 is 39.0 Å². The largest absolute Gasteiger partial charge is 0.448 e. The molecule has 0 spiro atoms. The number of rotatable bonds is 4. The fourth-order valence-corrected chi connectivity index (χ4v) is 3.12. The quantitative estimate of drug-likeness (QED) is 0.703. The van der Waals surface area contributed by atoms with E-state index in [9.17, 15) is 18.4 Å². The van der Waals surface area contributed by atoms with Gasteiger partial charge in [0.25, 0.3) is 5.91 Å². The molecule has 128 valence electrons. The summed E-state index contributed by atoms with van der Waals surface area (Å²) in [5.74, 6) is -3.34. The minimum atomic E-state index is -1.09. The second-order valence-electron chi connectivity index (χ2n) is 5.31. The number of thiophene rings is 1. The summed E-state index contributed by atoms with van der Waals surface area (Å²) in [5.41, 5.74) is 0.0775. The molecule has 1 amide bonds. The van der Waals surface area contributed by atoms with Gasteiger partial charge in [-0.15, -0.1) is 11.3 Å². The molecule has 3 rings (SSSR count). The number of anilines is 1. The number of hydrogen-bond acceptors (Lipinski definition) is 4. The molecule has 0 bridgehead atoms. The second kappa shape index (κ2) is 6.98. The van der Waals surface area contributed by atoms with Crippen LogP contribution in [0.4, 0.5) is 14.5 Å². The van der Waals surface area contributed by atoms with E-state index < -0.39 is 29.6 Å². The number of benzene rings is 2. The van der Waals surface area contributed by atoms with Gasteiger partial charge in [0.15, 0.2) is 17.7 Å². The minimum Gasteiger partial charge on any atom is -0.448 e. The third-order valence-electron chi connectivity index (χ3n) is 3.47. The van der Waals surface area contributed by atoms with E-state index in [0.717, 1.165) is 22.2 Å². The van der Waals surface area contributed by atoms with Crippen LogP contribution in [0.1, 0.15) is 16.6 Å². The van der Waals surface area contributed by atoms with Crippen LogP contribution >= 0.6 is 11.3 Å². The van der Waals surface area contributed by atoms with Crippen LogP contribution in [-0.2, 0) is 9.53 Å². The lowest BCUT2D eigenvalue weighted by atomic mass is 10.2. The molecule has 0 aliphatic rings. The van der Waals surface area contributed by atoms with Crippen LogP contribution in [0.2, 0.25) is 0 Å². The van der Waals surface area contributed by atoms with Crippen molar-refractivity contribution in [3.8, 4) is 0 Å². The maximum absolute atomic E-state index is 13.2. The summed E-state index contributed by atoms with van der Waals surface area (Å²) in [6.45, 7) is 1.40. The first-order valence-electron chi connectivity index (χ1n) is 7.39. The minimum absolute atomic E-state index is 0.0775. The van der Waals surface area contributed by atoms with Gasteiger partial charge in [-0.25, -0.2) is 13.6 Å². The standard InChI is InChI=1S/C18H13F2NO3S/c1-10(17(22)21-12-6-7-13(19)14(20)9-12)24-18(23)16-8-11-4-2-3-5-15(11)25-16/h2-10H,1H3,(H,21,22)/t10-/m0/s1. The Labute approximate surface area is 146 Å². The molecule has 0 aliphatic heterocycles. The number of carbonyl (C=O) groups excluding carboxylic acids is 2. The number of hydrogen-bond donors (Lipinski definition) is 1. The molecule has 2 aromatic carbocycles. The van der Waals surface area contributed by atoms with Crippen LogP contribution < -0.4 is 5.32 Å². The Kier molecular flexibility index (Phi) is 4.76. The molecular weight excluding hydrogens is 348 g/mol. The van der Waals surface area contributed by atoms with Crippen LogP contribution in [0.15, 0.2) is 48.5 Å². The number of nitrogens with one attached hydrogen (secondary N) is 1. The van der Waals surface area contributed by atoms with E-state index in [0.29, 0.717) is 4.88 Å². The highest BCUT2D eigenvalue weighted by Gasteiger charge is 2.21. The van der Waals surface area contributed by atoms with E-state index in [1.54, 1.807) is 6.07 Å². The number of carbonyl (C=O) groups is 2. The first-order valence-corrected chi connectivity index (χ1v) is 8.21. The summed E-state index contributed by atoms with van der Waals surface area (Å²) in [4.78, 5) is 24.6. The number of ether oxygens (including phenoxy) is 1. The van der Waals surface area contributed by atoms with Crippen LogP contribution in [0.5, 0.6) is 0 Å². The Morgan fingerprint density at radius 2 is 1.84 bits per heavy atom. The number of amides is 1. The van der Waals surface area contributed by atoms with Gasteiger partial charge in [0.1, 0.15) is 4.88 Å². The Morgan fingerprint density at radius 3 is 2.56 bits per heavy atom. The van der Waals surface area contributed by atoms with E-state index in [1.807, 2.05) is 24.3 Å². The zero-order chi connectivity index (χ0) is 18.0. The Hall–Kier alpha value is -2.80. The number of halogens is 2. The molecule has 25 heavy (non-hydrogen) atoms. The Bertz CT molecular complexity index is 921.